The molecule has 2 aromatic heterocycles. The summed E-state index contributed by atoms with van der Waals surface area (Å²) in [4.78, 5) is 1.20. The van der Waals surface area contributed by atoms with Crippen molar-refractivity contribution in [2.24, 2.45) is 7.05 Å². The molecule has 3 nitrogen and oxygen atoms in total. The highest BCUT2D eigenvalue weighted by Gasteiger charge is 2.15. The molecule has 2 rings (SSSR count). The lowest BCUT2D eigenvalue weighted by Gasteiger charge is -2.11. The summed E-state index contributed by atoms with van der Waals surface area (Å²) >= 11 is 7.51. The molecule has 0 saturated carbocycles. The standard InChI is InChI=1S/C10H12ClN3S/c1-12-10(7-5-13-14(2)6-7)8-3-4-9(11)15-8/h3-6,10,12H,1-2H3. The third-order valence-electron chi connectivity index (χ3n) is 2.23. The lowest BCUT2D eigenvalue weighted by molar-refractivity contribution is 0.701. The third-order valence-corrected chi connectivity index (χ3v) is 3.52. The third kappa shape index (κ3) is 2.22. The predicted molar refractivity (Wildman–Crippen MR) is 63.4 cm³/mol. The number of nitrogens with one attached hydrogen (secondary N) is 1. The van der Waals surface area contributed by atoms with E-state index in [-0.39, 0.29) is 6.04 Å². The molecule has 0 aliphatic rings. The molecular weight excluding hydrogens is 230 g/mol. The van der Waals surface area contributed by atoms with E-state index in [1.807, 2.05) is 38.6 Å². The summed E-state index contributed by atoms with van der Waals surface area (Å²) < 4.78 is 2.61. The van der Waals surface area contributed by atoms with Gasteiger partial charge in [0.25, 0.3) is 0 Å². The van der Waals surface area contributed by atoms with E-state index >= 15 is 0 Å². The Morgan fingerprint density at radius 2 is 2.33 bits per heavy atom. The first-order valence-corrected chi connectivity index (χ1v) is 5.81. The van der Waals surface area contributed by atoms with E-state index in [1.54, 1.807) is 16.0 Å². The Balaban J connectivity index is 2.32. The number of halogens is 1. The molecular formula is C10H12ClN3S. The SMILES string of the molecule is CNC(c1cnn(C)c1)c1ccc(Cl)s1. The first-order chi connectivity index (χ1) is 7.20. The van der Waals surface area contributed by atoms with E-state index in [9.17, 15) is 0 Å². The molecule has 1 unspecified atom stereocenters. The van der Waals surface area contributed by atoms with Crippen LogP contribution in [-0.2, 0) is 7.05 Å². The first kappa shape index (κ1) is 10.7. The Hall–Kier alpha value is -0.840. The van der Waals surface area contributed by atoms with Crippen molar-refractivity contribution in [2.45, 2.75) is 6.04 Å². The number of nitrogens with zero attached hydrogens (tertiary/aromatic N) is 2. The molecule has 80 valence electrons. The van der Waals surface area contributed by atoms with Gasteiger partial charge in [0.2, 0.25) is 0 Å². The van der Waals surface area contributed by atoms with Crippen LogP contribution in [0.4, 0.5) is 0 Å². The summed E-state index contributed by atoms with van der Waals surface area (Å²) in [6.45, 7) is 0. The van der Waals surface area contributed by atoms with Gasteiger partial charge in [-0.2, -0.15) is 5.10 Å². The molecule has 0 aromatic carbocycles. The average Bonchev–Trinajstić information content (AvgIpc) is 2.78. The second-order valence-electron chi connectivity index (χ2n) is 3.31. The zero-order valence-electron chi connectivity index (χ0n) is 8.57. The van der Waals surface area contributed by atoms with Gasteiger partial charge in [0.15, 0.2) is 0 Å². The highest BCUT2D eigenvalue weighted by atomic mass is 35.5. The maximum atomic E-state index is 5.92. The molecule has 0 aliphatic heterocycles. The molecule has 2 aromatic rings. The Morgan fingerprint density at radius 3 is 2.80 bits per heavy atom. The maximum Gasteiger partial charge on any atom is 0.0931 e. The number of hydrogen-bond acceptors (Lipinski definition) is 3. The van der Waals surface area contributed by atoms with Gasteiger partial charge >= 0.3 is 0 Å². The van der Waals surface area contributed by atoms with Crippen LogP contribution in [-0.4, -0.2) is 16.8 Å². The zero-order valence-corrected chi connectivity index (χ0v) is 10.1. The van der Waals surface area contributed by atoms with Crippen molar-refractivity contribution in [1.82, 2.24) is 15.1 Å². The van der Waals surface area contributed by atoms with Gasteiger partial charge in [-0.1, -0.05) is 11.6 Å². The Labute approximate surface area is 97.7 Å². The van der Waals surface area contributed by atoms with Crippen molar-refractivity contribution >= 4 is 22.9 Å². The van der Waals surface area contributed by atoms with Crippen molar-refractivity contribution in [1.29, 1.82) is 0 Å². The van der Waals surface area contributed by atoms with Gasteiger partial charge in [0.05, 0.1) is 16.6 Å². The number of hydrogen-bond donors (Lipinski definition) is 1. The van der Waals surface area contributed by atoms with Gasteiger partial charge in [-0.25, -0.2) is 0 Å². The highest BCUT2D eigenvalue weighted by molar-refractivity contribution is 7.16. The molecule has 0 bridgehead atoms. The minimum absolute atomic E-state index is 0.177. The molecule has 0 amide bonds. The minimum Gasteiger partial charge on any atom is -0.309 e. The summed E-state index contributed by atoms with van der Waals surface area (Å²) in [5.74, 6) is 0. The monoisotopic (exact) mass is 241 g/mol. The molecule has 1 atom stereocenters. The Kier molecular flexibility index (Phi) is 3.09. The molecule has 0 radical (unpaired) electrons. The second kappa shape index (κ2) is 4.35. The number of aryl methyl sites for hydroxylation is 1. The zero-order chi connectivity index (χ0) is 10.8. The number of aromatic nitrogens is 2. The minimum atomic E-state index is 0.177. The summed E-state index contributed by atoms with van der Waals surface area (Å²) in [6, 6.07) is 4.14. The fourth-order valence-corrected chi connectivity index (χ4v) is 2.75. The van der Waals surface area contributed by atoms with E-state index in [2.05, 4.69) is 10.4 Å². The maximum absolute atomic E-state index is 5.92. The van der Waals surface area contributed by atoms with E-state index in [4.69, 9.17) is 11.6 Å². The summed E-state index contributed by atoms with van der Waals surface area (Å²) in [6.07, 6.45) is 3.88. The van der Waals surface area contributed by atoms with Gasteiger partial charge < -0.3 is 5.32 Å². The fourth-order valence-electron chi connectivity index (χ4n) is 1.55. The van der Waals surface area contributed by atoms with Crippen LogP contribution in [0.15, 0.2) is 24.5 Å². The van der Waals surface area contributed by atoms with E-state index in [0.29, 0.717) is 0 Å². The molecule has 0 aliphatic carbocycles. The quantitative estimate of drug-likeness (QED) is 0.895. The fraction of sp³-hybridized carbons (Fsp3) is 0.300. The van der Waals surface area contributed by atoms with Crippen LogP contribution in [0.1, 0.15) is 16.5 Å². The van der Waals surface area contributed by atoms with Gasteiger partial charge in [0.1, 0.15) is 0 Å². The number of thiophene rings is 1. The topological polar surface area (TPSA) is 29.9 Å². The van der Waals surface area contributed by atoms with Crippen molar-refractivity contribution in [3.63, 3.8) is 0 Å². The van der Waals surface area contributed by atoms with Crippen molar-refractivity contribution in [3.8, 4) is 0 Å². The molecule has 5 heteroatoms. The lowest BCUT2D eigenvalue weighted by atomic mass is 10.1. The van der Waals surface area contributed by atoms with Crippen molar-refractivity contribution < 1.29 is 0 Å². The molecule has 0 fully saturated rings. The van der Waals surface area contributed by atoms with Gasteiger partial charge in [-0.05, 0) is 19.2 Å². The van der Waals surface area contributed by atoms with E-state index < -0.39 is 0 Å². The summed E-state index contributed by atoms with van der Waals surface area (Å²) in [5, 5.41) is 7.43. The highest BCUT2D eigenvalue weighted by Crippen LogP contribution is 2.30. The van der Waals surface area contributed by atoms with Crippen LogP contribution in [0, 0.1) is 0 Å². The molecule has 15 heavy (non-hydrogen) atoms. The Morgan fingerprint density at radius 1 is 1.53 bits per heavy atom. The van der Waals surface area contributed by atoms with Crippen LogP contribution >= 0.6 is 22.9 Å². The predicted octanol–water partition coefficient (Wildman–Crippen LogP) is 2.44. The lowest BCUT2D eigenvalue weighted by Crippen LogP contribution is -2.15. The molecule has 0 spiro atoms. The van der Waals surface area contributed by atoms with Crippen molar-refractivity contribution in [2.75, 3.05) is 7.05 Å². The molecule has 2 heterocycles. The van der Waals surface area contributed by atoms with E-state index in [1.165, 1.54) is 4.88 Å². The van der Waals surface area contributed by atoms with Crippen LogP contribution in [0.5, 0.6) is 0 Å². The number of rotatable bonds is 3. The largest absolute Gasteiger partial charge is 0.309 e. The summed E-state index contributed by atoms with van der Waals surface area (Å²) in [5.41, 5.74) is 1.15. The average molecular weight is 242 g/mol. The van der Waals surface area contributed by atoms with Gasteiger partial charge in [0, 0.05) is 23.7 Å². The van der Waals surface area contributed by atoms with Crippen LogP contribution < -0.4 is 5.32 Å². The Bertz CT molecular complexity index is 409. The van der Waals surface area contributed by atoms with E-state index in [0.717, 1.165) is 9.90 Å². The first-order valence-electron chi connectivity index (χ1n) is 4.61. The van der Waals surface area contributed by atoms with Gasteiger partial charge in [-0.15, -0.1) is 11.3 Å². The smallest absolute Gasteiger partial charge is 0.0931 e. The molecule has 0 saturated heterocycles. The summed E-state index contributed by atoms with van der Waals surface area (Å²) in [7, 11) is 3.85. The second-order valence-corrected chi connectivity index (χ2v) is 5.06. The normalized spacial score (nSPS) is 13.0. The molecule has 1 N–H and O–H groups in total. The van der Waals surface area contributed by atoms with Gasteiger partial charge in [-0.3, -0.25) is 4.68 Å². The van der Waals surface area contributed by atoms with Crippen LogP contribution in [0.25, 0.3) is 0 Å². The van der Waals surface area contributed by atoms with Crippen LogP contribution in [0.2, 0.25) is 4.34 Å². The van der Waals surface area contributed by atoms with Crippen molar-refractivity contribution in [3.05, 3.63) is 39.3 Å². The van der Waals surface area contributed by atoms with Crippen LogP contribution in [0.3, 0.4) is 0 Å².